The van der Waals surface area contributed by atoms with Crippen LogP contribution in [-0.2, 0) is 9.53 Å². The van der Waals surface area contributed by atoms with Crippen LogP contribution in [0.2, 0.25) is 0 Å². The van der Waals surface area contributed by atoms with Crippen molar-refractivity contribution in [1.29, 1.82) is 5.26 Å². The predicted octanol–water partition coefficient (Wildman–Crippen LogP) is 5.12. The number of nitro groups is 1. The number of nitrogens with zero attached hydrogens (tertiary/aromatic N) is 2. The largest absolute Gasteiger partial charge is 0.460 e. The minimum Gasteiger partial charge on any atom is -0.460 e. The lowest BCUT2D eigenvalue weighted by Crippen LogP contribution is -2.40. The molecular formula is C24H24N2O5S. The number of benzene rings is 2. The number of hydrogen-bond donors (Lipinski definition) is 0. The SMILES string of the molecule is CC(C)(C)OC(=O)C[C@@H]1CS[C@@H](c2ccc([N+](=O)[O-])cc2)[C@]1(C#N)C(=O)c1ccccc1. The molecule has 0 bridgehead atoms. The molecule has 32 heavy (non-hydrogen) atoms. The molecular weight excluding hydrogens is 428 g/mol. The van der Waals surface area contributed by atoms with Gasteiger partial charge in [0.05, 0.1) is 22.7 Å². The maximum absolute atomic E-state index is 13.7. The molecule has 0 radical (unpaired) electrons. The Hall–Kier alpha value is -3.18. The van der Waals surface area contributed by atoms with Crippen LogP contribution in [0, 0.1) is 32.8 Å². The van der Waals surface area contributed by atoms with E-state index in [1.165, 1.54) is 23.9 Å². The third kappa shape index (κ3) is 4.68. The Morgan fingerprint density at radius 3 is 2.34 bits per heavy atom. The van der Waals surface area contributed by atoms with Gasteiger partial charge in [0.1, 0.15) is 11.0 Å². The number of rotatable bonds is 6. The molecule has 1 fully saturated rings. The van der Waals surface area contributed by atoms with E-state index >= 15 is 0 Å². The van der Waals surface area contributed by atoms with E-state index in [0.29, 0.717) is 16.9 Å². The van der Waals surface area contributed by atoms with Gasteiger partial charge in [-0.2, -0.15) is 17.0 Å². The number of non-ortho nitro benzene ring substituents is 1. The zero-order chi connectivity index (χ0) is 23.5. The molecule has 1 heterocycles. The number of nitro benzene ring substituents is 1. The number of Topliss-reactive ketones (excluding diaryl/α,β-unsaturated/α-hetero) is 1. The highest BCUT2D eigenvalue weighted by Gasteiger charge is 2.58. The molecule has 3 rings (SSSR count). The predicted molar refractivity (Wildman–Crippen MR) is 121 cm³/mol. The van der Waals surface area contributed by atoms with Crippen molar-refractivity contribution in [2.24, 2.45) is 11.3 Å². The van der Waals surface area contributed by atoms with Crippen LogP contribution in [0.15, 0.2) is 54.6 Å². The highest BCUT2D eigenvalue weighted by Crippen LogP contribution is 2.58. The Morgan fingerprint density at radius 1 is 1.19 bits per heavy atom. The Balaban J connectivity index is 2.04. The normalized spacial score (nSPS) is 22.7. The summed E-state index contributed by atoms with van der Waals surface area (Å²) >= 11 is 1.41. The van der Waals surface area contributed by atoms with E-state index in [1.54, 1.807) is 63.2 Å². The van der Waals surface area contributed by atoms with Crippen molar-refractivity contribution >= 4 is 29.2 Å². The summed E-state index contributed by atoms with van der Waals surface area (Å²) in [5.74, 6) is -0.983. The van der Waals surface area contributed by atoms with E-state index in [1.807, 2.05) is 0 Å². The standard InChI is InChI=1S/C24H24N2O5S/c1-23(2,3)31-20(27)13-18-14-32-22(17-9-11-19(12-10-17)26(29)30)24(18,15-25)21(28)16-7-5-4-6-8-16/h4-12,18,22H,13-14H2,1-3H3/t18-,22+,24+/m1/s1. The number of esters is 1. The maximum atomic E-state index is 13.7. The number of ether oxygens (including phenoxy) is 1. The lowest BCUT2D eigenvalue weighted by Gasteiger charge is -2.32. The number of ketones is 1. The first kappa shape index (κ1) is 23.5. The van der Waals surface area contributed by atoms with Crippen molar-refractivity contribution in [2.75, 3.05) is 5.75 Å². The van der Waals surface area contributed by atoms with Crippen LogP contribution in [0.4, 0.5) is 5.69 Å². The molecule has 0 amide bonds. The van der Waals surface area contributed by atoms with E-state index < -0.39 is 33.1 Å². The first-order valence-corrected chi connectivity index (χ1v) is 11.2. The molecule has 0 aromatic heterocycles. The van der Waals surface area contributed by atoms with E-state index in [-0.39, 0.29) is 17.9 Å². The average Bonchev–Trinajstić information content (AvgIpc) is 3.11. The van der Waals surface area contributed by atoms with Gasteiger partial charge in [-0.15, -0.1) is 0 Å². The van der Waals surface area contributed by atoms with Crippen molar-refractivity contribution in [3.8, 4) is 6.07 Å². The summed E-state index contributed by atoms with van der Waals surface area (Å²) in [5.41, 5.74) is -1.24. The van der Waals surface area contributed by atoms with Gasteiger partial charge in [0.15, 0.2) is 5.78 Å². The molecule has 1 saturated heterocycles. The van der Waals surface area contributed by atoms with Gasteiger partial charge in [0, 0.05) is 23.6 Å². The van der Waals surface area contributed by atoms with Crippen molar-refractivity contribution in [3.05, 3.63) is 75.8 Å². The minimum atomic E-state index is -1.51. The number of carbonyl (C=O) groups is 2. The van der Waals surface area contributed by atoms with Gasteiger partial charge in [-0.25, -0.2) is 0 Å². The molecule has 7 nitrogen and oxygen atoms in total. The second kappa shape index (κ2) is 9.13. The lowest BCUT2D eigenvalue weighted by molar-refractivity contribution is -0.384. The Labute approximate surface area is 190 Å². The average molecular weight is 453 g/mol. The molecule has 3 atom stereocenters. The fourth-order valence-corrected chi connectivity index (χ4v) is 5.73. The molecule has 166 valence electrons. The van der Waals surface area contributed by atoms with Crippen molar-refractivity contribution < 1.29 is 19.2 Å². The summed E-state index contributed by atoms with van der Waals surface area (Å²) < 4.78 is 5.46. The maximum Gasteiger partial charge on any atom is 0.306 e. The highest BCUT2D eigenvalue weighted by atomic mass is 32.2. The van der Waals surface area contributed by atoms with Gasteiger partial charge < -0.3 is 4.74 Å². The monoisotopic (exact) mass is 452 g/mol. The molecule has 0 spiro atoms. The Kier molecular flexibility index (Phi) is 6.70. The van der Waals surface area contributed by atoms with E-state index in [2.05, 4.69) is 6.07 Å². The number of hydrogen-bond acceptors (Lipinski definition) is 7. The van der Waals surface area contributed by atoms with Gasteiger partial charge in [-0.3, -0.25) is 19.7 Å². The van der Waals surface area contributed by atoms with Crippen molar-refractivity contribution in [3.63, 3.8) is 0 Å². The van der Waals surface area contributed by atoms with Crippen LogP contribution >= 0.6 is 11.8 Å². The first-order chi connectivity index (χ1) is 15.1. The smallest absolute Gasteiger partial charge is 0.306 e. The van der Waals surface area contributed by atoms with Gasteiger partial charge >= 0.3 is 5.97 Å². The van der Waals surface area contributed by atoms with Crippen molar-refractivity contribution in [1.82, 2.24) is 0 Å². The Bertz CT molecular complexity index is 1060. The summed E-state index contributed by atoms with van der Waals surface area (Å²) in [4.78, 5) is 36.9. The summed E-state index contributed by atoms with van der Waals surface area (Å²) in [5, 5.41) is 20.9. The fraction of sp³-hybridized carbons (Fsp3) is 0.375. The molecule has 1 aliphatic rings. The lowest BCUT2D eigenvalue weighted by atomic mass is 9.67. The third-order valence-electron chi connectivity index (χ3n) is 5.36. The highest BCUT2D eigenvalue weighted by molar-refractivity contribution is 7.99. The summed E-state index contributed by atoms with van der Waals surface area (Å²) in [6, 6.07) is 16.7. The number of carbonyl (C=O) groups excluding carboxylic acids is 2. The topological polar surface area (TPSA) is 110 Å². The summed E-state index contributed by atoms with van der Waals surface area (Å²) in [7, 11) is 0. The van der Waals surface area contributed by atoms with Crippen LogP contribution in [0.3, 0.4) is 0 Å². The molecule has 0 unspecified atom stereocenters. The third-order valence-corrected chi connectivity index (χ3v) is 6.93. The van der Waals surface area contributed by atoms with Gasteiger partial charge in [-0.1, -0.05) is 42.5 Å². The fourth-order valence-electron chi connectivity index (χ4n) is 3.96. The number of nitriles is 1. The van der Waals surface area contributed by atoms with Crippen LogP contribution in [0.5, 0.6) is 0 Å². The van der Waals surface area contributed by atoms with Crippen LogP contribution in [0.1, 0.15) is 48.4 Å². The van der Waals surface area contributed by atoms with Crippen LogP contribution in [0.25, 0.3) is 0 Å². The van der Waals surface area contributed by atoms with E-state index in [4.69, 9.17) is 4.74 Å². The summed E-state index contributed by atoms with van der Waals surface area (Å²) in [6.45, 7) is 5.29. The van der Waals surface area contributed by atoms with Gasteiger partial charge in [0.2, 0.25) is 0 Å². The first-order valence-electron chi connectivity index (χ1n) is 10.2. The quantitative estimate of drug-likeness (QED) is 0.259. The van der Waals surface area contributed by atoms with Crippen LogP contribution in [-0.4, -0.2) is 28.0 Å². The molecule has 0 saturated carbocycles. The zero-order valence-corrected chi connectivity index (χ0v) is 18.9. The van der Waals surface area contributed by atoms with E-state index in [9.17, 15) is 25.0 Å². The molecule has 0 N–H and O–H groups in total. The minimum absolute atomic E-state index is 0.0696. The molecule has 2 aromatic rings. The Morgan fingerprint density at radius 2 is 1.81 bits per heavy atom. The van der Waals surface area contributed by atoms with Crippen molar-refractivity contribution in [2.45, 2.75) is 38.0 Å². The van der Waals surface area contributed by atoms with Gasteiger partial charge in [0.25, 0.3) is 5.69 Å². The molecule has 2 aromatic carbocycles. The summed E-state index contributed by atoms with van der Waals surface area (Å²) in [6.07, 6.45) is -0.0696. The zero-order valence-electron chi connectivity index (χ0n) is 18.1. The molecule has 1 aliphatic heterocycles. The van der Waals surface area contributed by atoms with Crippen LogP contribution < -0.4 is 0 Å². The number of thioether (sulfide) groups is 1. The molecule has 8 heteroatoms. The molecule has 0 aliphatic carbocycles. The second-order valence-corrected chi connectivity index (χ2v) is 9.86. The van der Waals surface area contributed by atoms with Gasteiger partial charge in [-0.05, 0) is 32.1 Å². The van der Waals surface area contributed by atoms with E-state index in [0.717, 1.165) is 0 Å². The second-order valence-electron chi connectivity index (χ2n) is 8.73.